The summed E-state index contributed by atoms with van der Waals surface area (Å²) in [4.78, 5) is 2.41. The van der Waals surface area contributed by atoms with Crippen LogP contribution in [0.2, 0.25) is 0 Å². The minimum absolute atomic E-state index is 0.740. The first-order valence-corrected chi connectivity index (χ1v) is 6.77. The molecule has 1 aromatic carbocycles. The SMILES string of the molecule is CNCC1CCN(c2cc(Br)ccc2OC)C1. The maximum absolute atomic E-state index is 5.43. The summed E-state index contributed by atoms with van der Waals surface area (Å²) in [6.45, 7) is 3.31. The van der Waals surface area contributed by atoms with E-state index in [0.29, 0.717) is 0 Å². The molecule has 1 unspecified atom stereocenters. The van der Waals surface area contributed by atoms with E-state index in [1.54, 1.807) is 7.11 Å². The molecule has 1 saturated heterocycles. The van der Waals surface area contributed by atoms with Crippen molar-refractivity contribution in [2.45, 2.75) is 6.42 Å². The number of halogens is 1. The maximum Gasteiger partial charge on any atom is 0.142 e. The fourth-order valence-electron chi connectivity index (χ4n) is 2.42. The number of anilines is 1. The maximum atomic E-state index is 5.43. The molecule has 1 heterocycles. The van der Waals surface area contributed by atoms with Gasteiger partial charge in [0.25, 0.3) is 0 Å². The number of nitrogens with zero attached hydrogens (tertiary/aromatic N) is 1. The number of nitrogens with one attached hydrogen (secondary N) is 1. The first kappa shape index (κ1) is 12.7. The van der Waals surface area contributed by atoms with Crippen LogP contribution < -0.4 is 15.0 Å². The lowest BCUT2D eigenvalue weighted by molar-refractivity contribution is 0.414. The van der Waals surface area contributed by atoms with Gasteiger partial charge in [-0.05, 0) is 44.1 Å². The predicted molar refractivity (Wildman–Crippen MR) is 74.9 cm³/mol. The van der Waals surface area contributed by atoms with Gasteiger partial charge in [-0.15, -0.1) is 0 Å². The van der Waals surface area contributed by atoms with Crippen LogP contribution in [-0.2, 0) is 0 Å². The zero-order valence-corrected chi connectivity index (χ0v) is 12.0. The molecule has 1 aliphatic rings. The molecular formula is C13H19BrN2O. The standard InChI is InChI=1S/C13H19BrN2O/c1-15-8-10-5-6-16(9-10)12-7-11(14)3-4-13(12)17-2/h3-4,7,10,15H,5-6,8-9H2,1-2H3. The Morgan fingerprint density at radius 3 is 3.06 bits per heavy atom. The van der Waals surface area contributed by atoms with E-state index in [1.807, 2.05) is 19.2 Å². The molecule has 1 fully saturated rings. The van der Waals surface area contributed by atoms with Crippen molar-refractivity contribution in [2.75, 3.05) is 38.7 Å². The van der Waals surface area contributed by atoms with Crippen molar-refractivity contribution in [3.8, 4) is 5.75 Å². The molecule has 3 nitrogen and oxygen atoms in total. The second-order valence-electron chi connectivity index (χ2n) is 4.47. The Morgan fingerprint density at radius 1 is 1.53 bits per heavy atom. The molecule has 1 N–H and O–H groups in total. The smallest absolute Gasteiger partial charge is 0.142 e. The van der Waals surface area contributed by atoms with Crippen molar-refractivity contribution < 1.29 is 4.74 Å². The highest BCUT2D eigenvalue weighted by molar-refractivity contribution is 9.10. The molecule has 0 aliphatic carbocycles. The summed E-state index contributed by atoms with van der Waals surface area (Å²) in [5.41, 5.74) is 1.19. The molecule has 0 aromatic heterocycles. The van der Waals surface area contributed by atoms with E-state index in [0.717, 1.165) is 35.8 Å². The summed E-state index contributed by atoms with van der Waals surface area (Å²) >= 11 is 3.52. The molecule has 4 heteroatoms. The molecule has 1 atom stereocenters. The Morgan fingerprint density at radius 2 is 2.35 bits per heavy atom. The minimum atomic E-state index is 0.740. The highest BCUT2D eigenvalue weighted by Gasteiger charge is 2.24. The first-order chi connectivity index (χ1) is 8.24. The number of hydrogen-bond donors (Lipinski definition) is 1. The first-order valence-electron chi connectivity index (χ1n) is 5.97. The summed E-state index contributed by atoms with van der Waals surface area (Å²) in [6, 6.07) is 6.18. The fourth-order valence-corrected chi connectivity index (χ4v) is 2.77. The van der Waals surface area contributed by atoms with E-state index in [-0.39, 0.29) is 0 Å². The third kappa shape index (κ3) is 2.93. The molecule has 1 aliphatic heterocycles. The van der Waals surface area contributed by atoms with E-state index in [4.69, 9.17) is 4.74 Å². The van der Waals surface area contributed by atoms with Crippen molar-refractivity contribution in [1.29, 1.82) is 0 Å². The Balaban J connectivity index is 2.14. The van der Waals surface area contributed by atoms with Gasteiger partial charge in [-0.1, -0.05) is 15.9 Å². The zero-order chi connectivity index (χ0) is 12.3. The second kappa shape index (κ2) is 5.74. The summed E-state index contributed by atoms with van der Waals surface area (Å²) in [6.07, 6.45) is 1.25. The van der Waals surface area contributed by atoms with E-state index >= 15 is 0 Å². The Hall–Kier alpha value is -0.740. The summed E-state index contributed by atoms with van der Waals surface area (Å²) in [5.74, 6) is 1.70. The van der Waals surface area contributed by atoms with E-state index in [9.17, 15) is 0 Å². The number of benzene rings is 1. The molecule has 2 rings (SSSR count). The number of hydrogen-bond acceptors (Lipinski definition) is 3. The predicted octanol–water partition coefficient (Wildman–Crippen LogP) is 2.50. The van der Waals surface area contributed by atoms with Crippen LogP contribution in [0, 0.1) is 5.92 Å². The van der Waals surface area contributed by atoms with Crippen LogP contribution >= 0.6 is 15.9 Å². The topological polar surface area (TPSA) is 24.5 Å². The summed E-state index contributed by atoms with van der Waals surface area (Å²) < 4.78 is 6.53. The van der Waals surface area contributed by atoms with Gasteiger partial charge in [-0.3, -0.25) is 0 Å². The van der Waals surface area contributed by atoms with Gasteiger partial charge in [0.1, 0.15) is 5.75 Å². The highest BCUT2D eigenvalue weighted by atomic mass is 79.9. The Labute approximate surface area is 111 Å². The van der Waals surface area contributed by atoms with Crippen LogP contribution in [0.4, 0.5) is 5.69 Å². The van der Waals surface area contributed by atoms with Gasteiger partial charge in [0.2, 0.25) is 0 Å². The quantitative estimate of drug-likeness (QED) is 0.924. The molecule has 0 saturated carbocycles. The average Bonchev–Trinajstić information content (AvgIpc) is 2.78. The molecule has 0 amide bonds. The van der Waals surface area contributed by atoms with Gasteiger partial charge < -0.3 is 15.0 Å². The number of methoxy groups -OCH3 is 1. The molecule has 94 valence electrons. The lowest BCUT2D eigenvalue weighted by Crippen LogP contribution is -2.24. The van der Waals surface area contributed by atoms with Crippen molar-refractivity contribution in [3.05, 3.63) is 22.7 Å². The van der Waals surface area contributed by atoms with E-state index in [1.165, 1.54) is 12.1 Å². The highest BCUT2D eigenvalue weighted by Crippen LogP contribution is 2.34. The number of ether oxygens (including phenoxy) is 1. The van der Waals surface area contributed by atoms with Gasteiger partial charge in [0.15, 0.2) is 0 Å². The van der Waals surface area contributed by atoms with Crippen molar-refractivity contribution in [1.82, 2.24) is 5.32 Å². The number of rotatable bonds is 4. The Kier molecular flexibility index (Phi) is 4.29. The van der Waals surface area contributed by atoms with Gasteiger partial charge in [0.05, 0.1) is 12.8 Å². The lowest BCUT2D eigenvalue weighted by atomic mass is 10.1. The van der Waals surface area contributed by atoms with Crippen molar-refractivity contribution in [3.63, 3.8) is 0 Å². The molecule has 17 heavy (non-hydrogen) atoms. The molecule has 0 spiro atoms. The van der Waals surface area contributed by atoms with Crippen LogP contribution in [0.15, 0.2) is 22.7 Å². The summed E-state index contributed by atoms with van der Waals surface area (Å²) in [7, 11) is 3.75. The van der Waals surface area contributed by atoms with E-state index in [2.05, 4.69) is 32.2 Å². The lowest BCUT2D eigenvalue weighted by Gasteiger charge is -2.21. The fraction of sp³-hybridized carbons (Fsp3) is 0.538. The molecular weight excluding hydrogens is 280 g/mol. The van der Waals surface area contributed by atoms with Gasteiger partial charge in [0, 0.05) is 17.6 Å². The van der Waals surface area contributed by atoms with Crippen LogP contribution in [0.25, 0.3) is 0 Å². The summed E-state index contributed by atoms with van der Waals surface area (Å²) in [5, 5.41) is 3.25. The van der Waals surface area contributed by atoms with Crippen LogP contribution in [0.1, 0.15) is 6.42 Å². The van der Waals surface area contributed by atoms with Crippen LogP contribution in [0.5, 0.6) is 5.75 Å². The van der Waals surface area contributed by atoms with Gasteiger partial charge >= 0.3 is 0 Å². The molecule has 0 bridgehead atoms. The Bertz CT molecular complexity index is 384. The van der Waals surface area contributed by atoms with Crippen molar-refractivity contribution >= 4 is 21.6 Å². The minimum Gasteiger partial charge on any atom is -0.495 e. The second-order valence-corrected chi connectivity index (χ2v) is 5.39. The van der Waals surface area contributed by atoms with Crippen LogP contribution in [-0.4, -0.2) is 33.8 Å². The largest absolute Gasteiger partial charge is 0.495 e. The third-order valence-corrected chi connectivity index (χ3v) is 3.75. The zero-order valence-electron chi connectivity index (χ0n) is 10.4. The average molecular weight is 299 g/mol. The third-order valence-electron chi connectivity index (χ3n) is 3.26. The molecule has 0 radical (unpaired) electrons. The monoisotopic (exact) mass is 298 g/mol. The van der Waals surface area contributed by atoms with Gasteiger partial charge in [-0.25, -0.2) is 0 Å². The molecule has 1 aromatic rings. The van der Waals surface area contributed by atoms with Crippen LogP contribution in [0.3, 0.4) is 0 Å². The van der Waals surface area contributed by atoms with E-state index < -0.39 is 0 Å². The normalized spacial score (nSPS) is 19.7. The van der Waals surface area contributed by atoms with Crippen molar-refractivity contribution in [2.24, 2.45) is 5.92 Å². The van der Waals surface area contributed by atoms with Gasteiger partial charge in [-0.2, -0.15) is 0 Å².